The van der Waals surface area contributed by atoms with Crippen molar-refractivity contribution in [1.82, 2.24) is 14.9 Å². The van der Waals surface area contributed by atoms with E-state index in [1.165, 1.54) is 0 Å². The van der Waals surface area contributed by atoms with Gasteiger partial charge >= 0.3 is 0 Å². The topological polar surface area (TPSA) is 128 Å². The molecule has 1 aliphatic carbocycles. The number of fused-ring (bicyclic) bond motifs is 10. The number of aromatic nitrogens is 2. The van der Waals surface area contributed by atoms with Gasteiger partial charge in [-0.1, -0.05) is 54.9 Å². The lowest BCUT2D eigenvalue weighted by Crippen LogP contribution is -2.27. The van der Waals surface area contributed by atoms with Crippen LogP contribution in [0.4, 0.5) is 0 Å². The number of aliphatic hydroxyl groups excluding tert-OH is 2. The van der Waals surface area contributed by atoms with Crippen LogP contribution in [0.5, 0.6) is 0 Å². The van der Waals surface area contributed by atoms with Gasteiger partial charge in [0.25, 0.3) is 11.8 Å². The van der Waals surface area contributed by atoms with E-state index in [4.69, 9.17) is 0 Å². The van der Waals surface area contributed by atoms with Crippen LogP contribution < -0.4 is 5.32 Å². The molecule has 3 heterocycles. The predicted octanol–water partition coefficient (Wildman–Crippen LogP) is 6.45. The van der Waals surface area contributed by atoms with E-state index >= 15 is 0 Å². The molecule has 0 spiro atoms. The van der Waals surface area contributed by atoms with E-state index in [0.29, 0.717) is 34.7 Å². The van der Waals surface area contributed by atoms with E-state index in [0.717, 1.165) is 37.3 Å². The van der Waals surface area contributed by atoms with E-state index in [1.54, 1.807) is 0 Å². The Bertz CT molecular complexity index is 1880. The third-order valence-corrected chi connectivity index (χ3v) is 12.2. The van der Waals surface area contributed by atoms with Gasteiger partial charge in [0.15, 0.2) is 0 Å². The summed E-state index contributed by atoms with van der Waals surface area (Å²) in [6.07, 6.45) is 3.18. The van der Waals surface area contributed by atoms with Crippen molar-refractivity contribution in [2.24, 2.45) is 0 Å². The summed E-state index contributed by atoms with van der Waals surface area (Å²) in [6, 6.07) is 13.2. The van der Waals surface area contributed by atoms with Gasteiger partial charge in [-0.2, -0.15) is 0 Å². The van der Waals surface area contributed by atoms with Gasteiger partial charge in [0.2, 0.25) is 0 Å². The lowest BCUT2D eigenvalue weighted by Gasteiger charge is -2.38. The highest BCUT2D eigenvalue weighted by molar-refractivity contribution is 9.10. The number of amides is 2. The van der Waals surface area contributed by atoms with Crippen molar-refractivity contribution in [1.29, 1.82) is 0 Å². The molecule has 0 radical (unpaired) electrons. The summed E-state index contributed by atoms with van der Waals surface area (Å²) in [7, 11) is -1.34. The molecule has 2 amide bonds. The number of hydrogen-bond donors (Lipinski definition) is 5. The maximum Gasteiger partial charge on any atom is 0.259 e. The van der Waals surface area contributed by atoms with E-state index < -0.39 is 34.3 Å². The van der Waals surface area contributed by atoms with Gasteiger partial charge < -0.3 is 24.3 Å². The summed E-state index contributed by atoms with van der Waals surface area (Å²) < 4.78 is 12.4. The number of H-pyrrole nitrogens is 1. The molecular formula is C31H34BrN3O5S. The number of aromatic amines is 1. The molecule has 41 heavy (non-hydrogen) atoms. The molecule has 216 valence electrons. The van der Waals surface area contributed by atoms with Crippen LogP contribution in [0.3, 0.4) is 0 Å². The second-order valence-electron chi connectivity index (χ2n) is 12.3. The Hall–Kier alpha value is -2.89. The number of halogens is 1. The molecular weight excluding hydrogens is 606 g/mol. The molecule has 0 bridgehead atoms. The van der Waals surface area contributed by atoms with Crippen LogP contribution in [0.1, 0.15) is 60.4 Å². The number of imide groups is 1. The molecule has 1 aliphatic heterocycles. The normalized spacial score (nSPS) is 21.5. The minimum atomic E-state index is -1.34. The second-order valence-corrected chi connectivity index (χ2v) is 17.0. The molecule has 7 rings (SSSR count). The van der Waals surface area contributed by atoms with E-state index in [-0.39, 0.29) is 10.8 Å². The van der Waals surface area contributed by atoms with Crippen LogP contribution in [0.25, 0.3) is 43.6 Å². The predicted molar refractivity (Wildman–Crippen MR) is 170 cm³/mol. The number of benzene rings is 3. The zero-order valence-corrected chi connectivity index (χ0v) is 26.0. The van der Waals surface area contributed by atoms with Gasteiger partial charge in [0.05, 0.1) is 34.3 Å². The van der Waals surface area contributed by atoms with E-state index in [9.17, 15) is 24.4 Å². The maximum atomic E-state index is 13.1. The summed E-state index contributed by atoms with van der Waals surface area (Å²) in [5.74, 6) is -0.822. The average molecular weight is 641 g/mol. The van der Waals surface area contributed by atoms with Crippen molar-refractivity contribution in [2.75, 3.05) is 12.5 Å². The zero-order chi connectivity index (χ0) is 29.6. The summed E-state index contributed by atoms with van der Waals surface area (Å²) >= 11 is 3.52. The molecule has 10 heteroatoms. The quantitative estimate of drug-likeness (QED) is 0.135. The molecule has 3 atom stereocenters. The van der Waals surface area contributed by atoms with Gasteiger partial charge in [-0.25, -0.2) is 0 Å². The van der Waals surface area contributed by atoms with Crippen molar-refractivity contribution in [2.45, 2.75) is 56.6 Å². The fraction of sp³-hybridized carbons (Fsp3) is 0.355. The van der Waals surface area contributed by atoms with Crippen LogP contribution in [-0.4, -0.2) is 65.6 Å². The molecule has 8 nitrogen and oxygen atoms in total. The van der Waals surface area contributed by atoms with Gasteiger partial charge in [0, 0.05) is 41.8 Å². The van der Waals surface area contributed by atoms with Crippen molar-refractivity contribution in [3.63, 3.8) is 0 Å². The largest absolute Gasteiger partial charge is 0.390 e. The standard InChI is InChI=1S/C25H18BrN3O4.C6H16OS/c26-10-5-6-13-12(9-10)17-19-20(25(33)28-24(19)32)18-11-3-1-2-4-14(11)29(22(18)21(17)27-13)15-7-8-16(30)23(15)31;1-6(2,3)8(4,5)7/h1-6,9,15-16,23,27,30-31H,7-8H2,(H,28,32,33);7H,1-5H3. The highest BCUT2D eigenvalue weighted by Crippen LogP contribution is 2.49. The van der Waals surface area contributed by atoms with Gasteiger partial charge in [-0.15, -0.1) is 10.3 Å². The minimum absolute atomic E-state index is 0.0764. The number of nitrogens with one attached hydrogen (secondary N) is 2. The lowest BCUT2D eigenvalue weighted by atomic mass is 9.96. The smallest absolute Gasteiger partial charge is 0.259 e. The van der Waals surface area contributed by atoms with Crippen molar-refractivity contribution < 1.29 is 24.4 Å². The molecule has 2 aliphatic rings. The molecule has 0 saturated heterocycles. The SMILES string of the molecule is CC(C)(C)S(C)(C)O.O=C1NC(=O)c2c1c1c3cc(Br)ccc3[nH]c1c1c2c2ccccc2n1C1CCC(O)C1O. The van der Waals surface area contributed by atoms with Crippen molar-refractivity contribution in [3.05, 3.63) is 58.1 Å². The third-order valence-electron chi connectivity index (χ3n) is 8.72. The molecule has 3 unspecified atom stereocenters. The molecule has 5 aromatic rings. The van der Waals surface area contributed by atoms with Gasteiger partial charge in [-0.3, -0.25) is 14.9 Å². The summed E-state index contributed by atoms with van der Waals surface area (Å²) in [4.78, 5) is 29.6. The van der Waals surface area contributed by atoms with Crippen LogP contribution in [0.15, 0.2) is 46.9 Å². The molecule has 2 aromatic heterocycles. The Labute approximate surface area is 247 Å². The Kier molecular flexibility index (Phi) is 6.59. The number of aliphatic hydroxyl groups is 2. The first kappa shape index (κ1) is 28.2. The highest BCUT2D eigenvalue weighted by atomic mass is 79.9. The first-order valence-corrected chi connectivity index (χ1v) is 16.8. The fourth-order valence-corrected chi connectivity index (χ4v) is 6.22. The number of rotatable bonds is 1. The monoisotopic (exact) mass is 639 g/mol. The van der Waals surface area contributed by atoms with Crippen LogP contribution >= 0.6 is 26.2 Å². The number of nitrogens with zero attached hydrogens (tertiary/aromatic N) is 1. The highest BCUT2D eigenvalue weighted by Gasteiger charge is 2.40. The number of hydrogen-bond acceptors (Lipinski definition) is 5. The maximum absolute atomic E-state index is 13.1. The minimum Gasteiger partial charge on any atom is -0.390 e. The van der Waals surface area contributed by atoms with Crippen LogP contribution in [-0.2, 0) is 0 Å². The van der Waals surface area contributed by atoms with Crippen LogP contribution in [0, 0.1) is 0 Å². The molecule has 1 saturated carbocycles. The number of carbonyl (C=O) groups excluding carboxylic acids is 2. The van der Waals surface area contributed by atoms with Crippen molar-refractivity contribution in [3.8, 4) is 0 Å². The lowest BCUT2D eigenvalue weighted by molar-refractivity contribution is 0.0251. The Morgan fingerprint density at radius 2 is 1.59 bits per heavy atom. The first-order chi connectivity index (χ1) is 19.2. The fourth-order valence-electron chi connectivity index (χ4n) is 5.86. The van der Waals surface area contributed by atoms with E-state index in [1.807, 2.05) is 55.0 Å². The molecule has 1 fully saturated rings. The summed E-state index contributed by atoms with van der Waals surface area (Å²) in [6.45, 7) is 6.17. The van der Waals surface area contributed by atoms with Gasteiger partial charge in [-0.05, 0) is 49.6 Å². The van der Waals surface area contributed by atoms with Crippen LogP contribution in [0.2, 0.25) is 0 Å². The summed E-state index contributed by atoms with van der Waals surface area (Å²) in [5, 5.41) is 26.7. The Morgan fingerprint density at radius 1 is 0.951 bits per heavy atom. The van der Waals surface area contributed by atoms with Crippen molar-refractivity contribution >= 4 is 81.7 Å². The third kappa shape index (κ3) is 4.30. The Balaban J connectivity index is 0.000000334. The Morgan fingerprint density at radius 3 is 2.20 bits per heavy atom. The van der Waals surface area contributed by atoms with Gasteiger partial charge in [0.1, 0.15) is 6.10 Å². The molecule has 5 N–H and O–H groups in total. The number of para-hydroxylation sites is 1. The summed E-state index contributed by atoms with van der Waals surface area (Å²) in [5.41, 5.74) is 3.95. The zero-order valence-electron chi connectivity index (χ0n) is 23.6. The molecule has 3 aromatic carbocycles. The second kappa shape index (κ2) is 9.57. The first-order valence-electron chi connectivity index (χ1n) is 13.6. The average Bonchev–Trinajstić information content (AvgIpc) is 3.60. The van der Waals surface area contributed by atoms with E-state index in [2.05, 4.69) is 51.6 Å². The number of carbonyl (C=O) groups is 2.